The van der Waals surface area contributed by atoms with Crippen molar-refractivity contribution in [1.82, 2.24) is 4.98 Å². The third kappa shape index (κ3) is 5.27. The van der Waals surface area contributed by atoms with Gasteiger partial charge in [-0.3, -0.25) is 10.1 Å². The molecule has 1 aromatic heterocycles. The maximum Gasteiger partial charge on any atom is 0.338 e. The monoisotopic (exact) mass is 430 g/mol. The van der Waals surface area contributed by atoms with Crippen molar-refractivity contribution >= 4 is 38.2 Å². The number of amides is 1. The molecule has 9 heteroatoms. The van der Waals surface area contributed by atoms with Gasteiger partial charge in [0.25, 0.3) is 5.91 Å². The van der Waals surface area contributed by atoms with Crippen LogP contribution in [-0.4, -0.2) is 37.6 Å². The fraction of sp³-hybridized carbons (Fsp3) is 0.150. The summed E-state index contributed by atoms with van der Waals surface area (Å²) in [4.78, 5) is 29.0. The smallest absolute Gasteiger partial charge is 0.338 e. The molecular weight excluding hydrogens is 412 g/mol. The quantitative estimate of drug-likeness (QED) is 0.602. The van der Waals surface area contributed by atoms with Gasteiger partial charge in [0.2, 0.25) is 0 Å². The molecule has 0 spiro atoms. The fourth-order valence-corrected chi connectivity index (χ4v) is 3.75. The van der Waals surface area contributed by atoms with E-state index in [1.807, 2.05) is 35.7 Å². The Kier molecular flexibility index (Phi) is 6.09. The molecule has 1 N–H and O–H groups in total. The predicted octanol–water partition coefficient (Wildman–Crippen LogP) is 3.40. The van der Waals surface area contributed by atoms with Crippen molar-refractivity contribution in [3.63, 3.8) is 0 Å². The number of hydrogen-bond acceptors (Lipinski definition) is 7. The van der Waals surface area contributed by atoms with Crippen LogP contribution < -0.4 is 5.32 Å². The summed E-state index contributed by atoms with van der Waals surface area (Å²) in [6.45, 7) is 1.45. The van der Waals surface area contributed by atoms with Crippen LogP contribution in [0.4, 0.5) is 5.13 Å². The molecule has 150 valence electrons. The summed E-state index contributed by atoms with van der Waals surface area (Å²) in [6, 6.07) is 14.9. The minimum absolute atomic E-state index is 0.0952. The molecule has 0 saturated carbocycles. The first kappa shape index (κ1) is 20.7. The minimum Gasteiger partial charge on any atom is -0.449 e. The summed E-state index contributed by atoms with van der Waals surface area (Å²) < 4.78 is 28.1. The van der Waals surface area contributed by atoms with Crippen molar-refractivity contribution in [3.05, 3.63) is 65.5 Å². The van der Waals surface area contributed by atoms with Gasteiger partial charge in [-0.05, 0) is 31.2 Å². The first-order chi connectivity index (χ1) is 13.7. The average Bonchev–Trinajstić information content (AvgIpc) is 3.16. The summed E-state index contributed by atoms with van der Waals surface area (Å²) in [5, 5.41) is 4.85. The van der Waals surface area contributed by atoms with Crippen LogP contribution in [0.5, 0.6) is 0 Å². The molecular formula is C20H18N2O5S2. The number of thiazole rings is 1. The van der Waals surface area contributed by atoms with E-state index in [1.165, 1.54) is 42.5 Å². The molecule has 7 nitrogen and oxygen atoms in total. The van der Waals surface area contributed by atoms with Gasteiger partial charge >= 0.3 is 5.97 Å². The topological polar surface area (TPSA) is 102 Å². The fourth-order valence-electron chi connectivity index (χ4n) is 2.40. The molecule has 1 unspecified atom stereocenters. The lowest BCUT2D eigenvalue weighted by Crippen LogP contribution is -2.30. The van der Waals surface area contributed by atoms with E-state index in [9.17, 15) is 18.0 Å². The Morgan fingerprint density at radius 1 is 1.07 bits per heavy atom. The molecule has 0 saturated heterocycles. The van der Waals surface area contributed by atoms with Gasteiger partial charge in [-0.1, -0.05) is 30.3 Å². The van der Waals surface area contributed by atoms with Crippen LogP contribution in [-0.2, 0) is 19.4 Å². The summed E-state index contributed by atoms with van der Waals surface area (Å²) in [7, 11) is -3.36. The number of hydrogen-bond donors (Lipinski definition) is 1. The third-order valence-corrected chi connectivity index (χ3v) is 5.86. The second kappa shape index (κ2) is 8.54. The van der Waals surface area contributed by atoms with Crippen LogP contribution in [0.25, 0.3) is 11.3 Å². The first-order valence-corrected chi connectivity index (χ1v) is 11.3. The van der Waals surface area contributed by atoms with E-state index < -0.39 is 27.8 Å². The van der Waals surface area contributed by atoms with E-state index in [1.54, 1.807) is 0 Å². The average molecular weight is 431 g/mol. The lowest BCUT2D eigenvalue weighted by atomic mass is 10.2. The molecule has 1 amide bonds. The molecule has 0 fully saturated rings. The SMILES string of the molecule is CC(OC(=O)c1ccc(S(C)(=O)=O)cc1)C(=O)Nc1nc(-c2ccccc2)cs1. The summed E-state index contributed by atoms with van der Waals surface area (Å²) in [6.07, 6.45) is 0.0235. The van der Waals surface area contributed by atoms with E-state index in [0.29, 0.717) is 5.13 Å². The molecule has 1 atom stereocenters. The highest BCUT2D eigenvalue weighted by molar-refractivity contribution is 7.90. The van der Waals surface area contributed by atoms with Gasteiger partial charge in [0.15, 0.2) is 21.1 Å². The van der Waals surface area contributed by atoms with E-state index in [0.717, 1.165) is 17.5 Å². The molecule has 1 heterocycles. The number of carbonyl (C=O) groups is 2. The minimum atomic E-state index is -3.36. The number of nitrogens with zero attached hydrogens (tertiary/aromatic N) is 1. The zero-order valence-corrected chi connectivity index (χ0v) is 17.3. The number of anilines is 1. The molecule has 3 rings (SSSR count). The van der Waals surface area contributed by atoms with Crippen LogP contribution >= 0.6 is 11.3 Å². The maximum atomic E-state index is 12.3. The Morgan fingerprint density at radius 2 is 1.72 bits per heavy atom. The second-order valence-electron chi connectivity index (χ2n) is 6.24. The number of rotatable bonds is 6. The number of carbonyl (C=O) groups excluding carboxylic acids is 2. The van der Waals surface area contributed by atoms with E-state index in [-0.39, 0.29) is 10.5 Å². The number of aromatic nitrogens is 1. The van der Waals surface area contributed by atoms with Crippen molar-refractivity contribution in [2.24, 2.45) is 0 Å². The molecule has 2 aromatic carbocycles. The van der Waals surface area contributed by atoms with Crippen molar-refractivity contribution in [2.75, 3.05) is 11.6 Å². The lowest BCUT2D eigenvalue weighted by molar-refractivity contribution is -0.123. The number of benzene rings is 2. The predicted molar refractivity (Wildman–Crippen MR) is 111 cm³/mol. The number of esters is 1. The summed E-state index contributed by atoms with van der Waals surface area (Å²) >= 11 is 1.27. The first-order valence-electron chi connectivity index (χ1n) is 8.57. The molecule has 3 aromatic rings. The highest BCUT2D eigenvalue weighted by Gasteiger charge is 2.20. The van der Waals surface area contributed by atoms with Crippen LogP contribution in [0.1, 0.15) is 17.3 Å². The Labute approximate surface area is 172 Å². The molecule has 0 aliphatic carbocycles. The normalized spacial score (nSPS) is 12.2. The standard InChI is InChI=1S/C20H18N2O5S2/c1-13(27-19(24)15-8-10-16(11-9-15)29(2,25)26)18(23)22-20-21-17(12-28-20)14-6-4-3-5-7-14/h3-13H,1-2H3,(H,21,22,23). The third-order valence-electron chi connectivity index (χ3n) is 3.98. The maximum absolute atomic E-state index is 12.3. The number of nitrogens with one attached hydrogen (secondary N) is 1. The van der Waals surface area contributed by atoms with Gasteiger partial charge in [0.05, 0.1) is 16.2 Å². The second-order valence-corrected chi connectivity index (χ2v) is 9.11. The van der Waals surface area contributed by atoms with Gasteiger partial charge in [0, 0.05) is 17.2 Å². The lowest BCUT2D eigenvalue weighted by Gasteiger charge is -2.12. The van der Waals surface area contributed by atoms with Crippen LogP contribution in [0.3, 0.4) is 0 Å². The van der Waals surface area contributed by atoms with Crippen LogP contribution in [0.15, 0.2) is 64.9 Å². The van der Waals surface area contributed by atoms with Gasteiger partial charge in [-0.25, -0.2) is 18.2 Å². The number of sulfone groups is 1. The zero-order chi connectivity index (χ0) is 21.0. The van der Waals surface area contributed by atoms with Crippen molar-refractivity contribution in [3.8, 4) is 11.3 Å². The zero-order valence-electron chi connectivity index (χ0n) is 15.7. The Morgan fingerprint density at radius 3 is 2.34 bits per heavy atom. The molecule has 0 aliphatic rings. The highest BCUT2D eigenvalue weighted by atomic mass is 32.2. The molecule has 29 heavy (non-hydrogen) atoms. The highest BCUT2D eigenvalue weighted by Crippen LogP contribution is 2.24. The van der Waals surface area contributed by atoms with Crippen molar-refractivity contribution in [1.29, 1.82) is 0 Å². The van der Waals surface area contributed by atoms with Gasteiger partial charge in [-0.2, -0.15) is 0 Å². The van der Waals surface area contributed by atoms with Crippen molar-refractivity contribution in [2.45, 2.75) is 17.9 Å². The van der Waals surface area contributed by atoms with Crippen LogP contribution in [0.2, 0.25) is 0 Å². The summed E-state index contributed by atoms with van der Waals surface area (Å²) in [5.74, 6) is -1.24. The largest absolute Gasteiger partial charge is 0.449 e. The van der Waals surface area contributed by atoms with Crippen LogP contribution in [0, 0.1) is 0 Å². The van der Waals surface area contributed by atoms with Gasteiger partial charge in [0.1, 0.15) is 0 Å². The van der Waals surface area contributed by atoms with E-state index >= 15 is 0 Å². The van der Waals surface area contributed by atoms with E-state index in [2.05, 4.69) is 10.3 Å². The Hall–Kier alpha value is -3.04. The summed E-state index contributed by atoms with van der Waals surface area (Å²) in [5.41, 5.74) is 1.82. The molecule has 0 aliphatic heterocycles. The van der Waals surface area contributed by atoms with Gasteiger partial charge < -0.3 is 4.74 Å². The molecule has 0 radical (unpaired) electrons. The Bertz CT molecular complexity index is 1120. The van der Waals surface area contributed by atoms with Gasteiger partial charge in [-0.15, -0.1) is 11.3 Å². The van der Waals surface area contributed by atoms with Crippen molar-refractivity contribution < 1.29 is 22.7 Å². The number of ether oxygens (including phenoxy) is 1. The molecule has 0 bridgehead atoms. The Balaban J connectivity index is 1.60. The van der Waals surface area contributed by atoms with E-state index in [4.69, 9.17) is 4.74 Å².